The van der Waals surface area contributed by atoms with Crippen molar-refractivity contribution in [2.24, 2.45) is 0 Å². The molecule has 0 amide bonds. The van der Waals surface area contributed by atoms with Crippen molar-refractivity contribution in [2.75, 3.05) is 31.1 Å². The lowest BCUT2D eigenvalue weighted by Crippen LogP contribution is -2.27. The van der Waals surface area contributed by atoms with Gasteiger partial charge in [0.2, 0.25) is 0 Å². The third-order valence-electron chi connectivity index (χ3n) is 1.84. The fraction of sp³-hybridized carbons (Fsp3) is 1.00. The molecular formula is C10H23NS. The molecular weight excluding hydrogens is 166 g/mol. The molecule has 0 rings (SSSR count). The van der Waals surface area contributed by atoms with Gasteiger partial charge in [-0.25, -0.2) is 0 Å². The minimum absolute atomic E-state index is 1.26. The minimum Gasteiger partial charge on any atom is -0.303 e. The third-order valence-corrected chi connectivity index (χ3v) is 2.72. The van der Waals surface area contributed by atoms with Crippen LogP contribution in [0.5, 0.6) is 0 Å². The predicted molar refractivity (Wildman–Crippen MR) is 60.0 cm³/mol. The van der Waals surface area contributed by atoms with Crippen LogP contribution in [0.3, 0.4) is 0 Å². The van der Waals surface area contributed by atoms with Crippen molar-refractivity contribution in [3.05, 3.63) is 0 Å². The largest absolute Gasteiger partial charge is 0.303 e. The summed E-state index contributed by atoms with van der Waals surface area (Å²) in [5.41, 5.74) is 0. The van der Waals surface area contributed by atoms with Crippen LogP contribution in [-0.4, -0.2) is 36.0 Å². The van der Waals surface area contributed by atoms with Crippen LogP contribution in [-0.2, 0) is 0 Å². The number of thioether (sulfide) groups is 1. The Morgan fingerprint density at radius 3 is 1.92 bits per heavy atom. The summed E-state index contributed by atoms with van der Waals surface area (Å²) in [6.45, 7) is 10.6. The standard InChI is InChI=1S/C10H23NS/c1-4-7-11(8-5-2)9-10-12-6-3/h4-10H2,1-3H3. The second kappa shape index (κ2) is 9.40. The van der Waals surface area contributed by atoms with E-state index in [1.165, 1.54) is 44.0 Å². The Morgan fingerprint density at radius 1 is 0.917 bits per heavy atom. The highest BCUT2D eigenvalue weighted by molar-refractivity contribution is 7.99. The molecule has 74 valence electrons. The Bertz CT molecular complexity index is 79.9. The van der Waals surface area contributed by atoms with E-state index >= 15 is 0 Å². The second-order valence-corrected chi connectivity index (χ2v) is 4.43. The van der Waals surface area contributed by atoms with Crippen molar-refractivity contribution in [2.45, 2.75) is 33.6 Å². The Balaban J connectivity index is 3.34. The topological polar surface area (TPSA) is 3.24 Å². The Morgan fingerprint density at radius 2 is 1.50 bits per heavy atom. The van der Waals surface area contributed by atoms with Crippen LogP contribution in [0, 0.1) is 0 Å². The average Bonchev–Trinajstić information content (AvgIpc) is 2.06. The molecule has 0 atom stereocenters. The fourth-order valence-corrected chi connectivity index (χ4v) is 1.98. The predicted octanol–water partition coefficient (Wildman–Crippen LogP) is 2.86. The van der Waals surface area contributed by atoms with Crippen LogP contribution in [0.25, 0.3) is 0 Å². The maximum Gasteiger partial charge on any atom is 0.00723 e. The van der Waals surface area contributed by atoms with Gasteiger partial charge in [-0.1, -0.05) is 20.8 Å². The van der Waals surface area contributed by atoms with Gasteiger partial charge in [0.1, 0.15) is 0 Å². The van der Waals surface area contributed by atoms with Gasteiger partial charge in [0.25, 0.3) is 0 Å². The molecule has 0 radical (unpaired) electrons. The molecule has 0 saturated carbocycles. The zero-order valence-electron chi connectivity index (χ0n) is 8.81. The fourth-order valence-electron chi connectivity index (χ4n) is 1.31. The molecule has 1 nitrogen and oxygen atoms in total. The summed E-state index contributed by atoms with van der Waals surface area (Å²) in [6.07, 6.45) is 2.58. The van der Waals surface area contributed by atoms with E-state index in [-0.39, 0.29) is 0 Å². The van der Waals surface area contributed by atoms with Gasteiger partial charge in [0, 0.05) is 12.3 Å². The summed E-state index contributed by atoms with van der Waals surface area (Å²) < 4.78 is 0. The summed E-state index contributed by atoms with van der Waals surface area (Å²) >= 11 is 2.05. The molecule has 2 heteroatoms. The Hall–Kier alpha value is 0.310. The van der Waals surface area contributed by atoms with E-state index in [1.54, 1.807) is 0 Å². The first-order chi connectivity index (χ1) is 5.85. The molecule has 0 bridgehead atoms. The van der Waals surface area contributed by atoms with E-state index in [0.717, 1.165) is 0 Å². The second-order valence-electron chi connectivity index (χ2n) is 3.04. The molecule has 0 aliphatic heterocycles. The molecule has 12 heavy (non-hydrogen) atoms. The molecule has 0 aliphatic rings. The lowest BCUT2D eigenvalue weighted by atomic mass is 10.3. The van der Waals surface area contributed by atoms with Crippen molar-refractivity contribution >= 4 is 11.8 Å². The van der Waals surface area contributed by atoms with E-state index in [9.17, 15) is 0 Å². The number of nitrogens with zero attached hydrogens (tertiary/aromatic N) is 1. The molecule has 0 saturated heterocycles. The number of hydrogen-bond donors (Lipinski definition) is 0. The number of rotatable bonds is 8. The van der Waals surface area contributed by atoms with Crippen molar-refractivity contribution in [1.29, 1.82) is 0 Å². The molecule has 0 spiro atoms. The first-order valence-electron chi connectivity index (χ1n) is 5.15. The van der Waals surface area contributed by atoms with Gasteiger partial charge in [-0.05, 0) is 31.7 Å². The first kappa shape index (κ1) is 12.3. The maximum absolute atomic E-state index is 2.57. The van der Waals surface area contributed by atoms with E-state index in [1.807, 2.05) is 11.8 Å². The minimum atomic E-state index is 1.26. The van der Waals surface area contributed by atoms with Crippen LogP contribution in [0.4, 0.5) is 0 Å². The molecule has 0 heterocycles. The van der Waals surface area contributed by atoms with Crippen LogP contribution >= 0.6 is 11.8 Å². The maximum atomic E-state index is 2.57. The van der Waals surface area contributed by atoms with E-state index in [4.69, 9.17) is 0 Å². The molecule has 0 aliphatic carbocycles. The van der Waals surface area contributed by atoms with Gasteiger partial charge in [-0.3, -0.25) is 0 Å². The van der Waals surface area contributed by atoms with Crippen molar-refractivity contribution < 1.29 is 0 Å². The zero-order chi connectivity index (χ0) is 9.23. The summed E-state index contributed by atoms with van der Waals surface area (Å²) in [5.74, 6) is 2.56. The number of hydrogen-bond acceptors (Lipinski definition) is 2. The lowest BCUT2D eigenvalue weighted by Gasteiger charge is -2.20. The highest BCUT2D eigenvalue weighted by Crippen LogP contribution is 2.01. The van der Waals surface area contributed by atoms with E-state index in [0.29, 0.717) is 0 Å². The van der Waals surface area contributed by atoms with Crippen LogP contribution in [0.1, 0.15) is 33.6 Å². The van der Waals surface area contributed by atoms with Crippen LogP contribution in [0.15, 0.2) is 0 Å². The normalized spacial score (nSPS) is 11.0. The van der Waals surface area contributed by atoms with Gasteiger partial charge in [0.15, 0.2) is 0 Å². The van der Waals surface area contributed by atoms with E-state index < -0.39 is 0 Å². The van der Waals surface area contributed by atoms with Gasteiger partial charge in [0.05, 0.1) is 0 Å². The van der Waals surface area contributed by atoms with Crippen LogP contribution < -0.4 is 0 Å². The van der Waals surface area contributed by atoms with Crippen molar-refractivity contribution in [1.82, 2.24) is 4.90 Å². The highest BCUT2D eigenvalue weighted by atomic mass is 32.2. The quantitative estimate of drug-likeness (QED) is 0.540. The molecule has 0 unspecified atom stereocenters. The molecule has 0 fully saturated rings. The van der Waals surface area contributed by atoms with Gasteiger partial charge in [-0.15, -0.1) is 0 Å². The SMILES string of the molecule is CCCN(CCC)CCSCC. The first-order valence-corrected chi connectivity index (χ1v) is 6.30. The Labute approximate surface area is 81.9 Å². The summed E-state index contributed by atoms with van der Waals surface area (Å²) in [5, 5.41) is 0. The molecule has 0 N–H and O–H groups in total. The molecule has 0 aromatic heterocycles. The Kier molecular flexibility index (Phi) is 9.64. The summed E-state index contributed by atoms with van der Waals surface area (Å²) in [7, 11) is 0. The lowest BCUT2D eigenvalue weighted by molar-refractivity contribution is 0.292. The van der Waals surface area contributed by atoms with Gasteiger partial charge < -0.3 is 4.90 Å². The third kappa shape index (κ3) is 6.99. The van der Waals surface area contributed by atoms with E-state index in [2.05, 4.69) is 25.7 Å². The monoisotopic (exact) mass is 189 g/mol. The van der Waals surface area contributed by atoms with Crippen molar-refractivity contribution in [3.63, 3.8) is 0 Å². The average molecular weight is 189 g/mol. The molecule has 0 aromatic carbocycles. The van der Waals surface area contributed by atoms with Crippen LogP contribution in [0.2, 0.25) is 0 Å². The van der Waals surface area contributed by atoms with Gasteiger partial charge in [-0.2, -0.15) is 11.8 Å². The molecule has 0 aromatic rings. The zero-order valence-corrected chi connectivity index (χ0v) is 9.62. The summed E-state index contributed by atoms with van der Waals surface area (Å²) in [4.78, 5) is 2.57. The smallest absolute Gasteiger partial charge is 0.00723 e. The highest BCUT2D eigenvalue weighted by Gasteiger charge is 2.00. The van der Waals surface area contributed by atoms with Crippen molar-refractivity contribution in [3.8, 4) is 0 Å². The summed E-state index contributed by atoms with van der Waals surface area (Å²) in [6, 6.07) is 0. The van der Waals surface area contributed by atoms with Gasteiger partial charge >= 0.3 is 0 Å².